The van der Waals surface area contributed by atoms with Gasteiger partial charge in [0.15, 0.2) is 0 Å². The lowest BCUT2D eigenvalue weighted by molar-refractivity contribution is -0.117. The van der Waals surface area contributed by atoms with Crippen molar-refractivity contribution in [1.82, 2.24) is 4.90 Å². The molecule has 4 nitrogen and oxygen atoms in total. The molecule has 0 heterocycles. The lowest BCUT2D eigenvalue weighted by atomic mass is 10.2. The molecule has 0 radical (unpaired) electrons. The number of nitrogens with one attached hydrogen (secondary N) is 1. The van der Waals surface area contributed by atoms with E-state index < -0.39 is 0 Å². The van der Waals surface area contributed by atoms with E-state index in [2.05, 4.69) is 26.1 Å². The molecule has 2 fully saturated rings. The molecule has 0 bridgehead atoms. The number of nitrogens with zero attached hydrogens (tertiary/aromatic N) is 1. The number of anilines is 2. The van der Waals surface area contributed by atoms with Crippen LogP contribution in [0.4, 0.5) is 11.4 Å². The van der Waals surface area contributed by atoms with Crippen LogP contribution in [-0.2, 0) is 4.79 Å². The average molecular weight is 352 g/mol. The Labute approximate surface area is 134 Å². The van der Waals surface area contributed by atoms with E-state index >= 15 is 0 Å². The molecule has 21 heavy (non-hydrogen) atoms. The third-order valence-corrected chi connectivity index (χ3v) is 4.72. The van der Waals surface area contributed by atoms with E-state index in [0.717, 1.165) is 35.1 Å². The van der Waals surface area contributed by atoms with Gasteiger partial charge >= 0.3 is 0 Å². The summed E-state index contributed by atoms with van der Waals surface area (Å²) >= 11 is 3.43. The highest BCUT2D eigenvalue weighted by Gasteiger charge is 2.30. The van der Waals surface area contributed by atoms with Crippen LogP contribution in [0.25, 0.3) is 0 Å². The van der Waals surface area contributed by atoms with Crippen LogP contribution < -0.4 is 11.1 Å². The van der Waals surface area contributed by atoms with Crippen LogP contribution >= 0.6 is 15.9 Å². The maximum absolute atomic E-state index is 12.3. The van der Waals surface area contributed by atoms with Crippen LogP contribution in [0.5, 0.6) is 0 Å². The molecule has 0 aliphatic heterocycles. The van der Waals surface area contributed by atoms with Gasteiger partial charge in [-0.25, -0.2) is 0 Å². The first kappa shape index (κ1) is 14.9. The molecule has 1 aromatic rings. The lowest BCUT2D eigenvalue weighted by Gasteiger charge is -2.21. The molecule has 3 N–H and O–H groups in total. The minimum atomic E-state index is 0.0572. The standard InChI is InChI=1S/C16H22BrN3O/c17-14-7-13(18)5-6-15(14)19-16(21)10-20(8-11-1-2-11)9-12-3-4-12/h5-7,11-12H,1-4,8-10,18H2,(H,19,21). The second-order valence-electron chi connectivity index (χ2n) is 6.37. The fourth-order valence-electron chi connectivity index (χ4n) is 2.56. The van der Waals surface area contributed by atoms with Crippen LogP contribution in [0.15, 0.2) is 22.7 Å². The Hall–Kier alpha value is -1.07. The van der Waals surface area contributed by atoms with Crippen LogP contribution in [0.3, 0.4) is 0 Å². The van der Waals surface area contributed by atoms with Crippen LogP contribution in [0, 0.1) is 11.8 Å². The zero-order valence-corrected chi connectivity index (χ0v) is 13.7. The molecule has 1 amide bonds. The third kappa shape index (κ3) is 4.71. The first-order valence-corrected chi connectivity index (χ1v) is 8.46. The first-order chi connectivity index (χ1) is 10.1. The Balaban J connectivity index is 1.55. The van der Waals surface area contributed by atoms with Gasteiger partial charge in [0.25, 0.3) is 0 Å². The predicted molar refractivity (Wildman–Crippen MR) is 89.1 cm³/mol. The number of benzene rings is 1. The third-order valence-electron chi connectivity index (χ3n) is 4.06. The number of rotatable bonds is 7. The average Bonchev–Trinajstić information content (AvgIpc) is 3.29. The van der Waals surface area contributed by atoms with E-state index in [1.165, 1.54) is 25.7 Å². The van der Waals surface area contributed by atoms with Gasteiger partial charge in [0.05, 0.1) is 12.2 Å². The monoisotopic (exact) mass is 351 g/mol. The molecule has 2 aliphatic rings. The van der Waals surface area contributed by atoms with Crippen molar-refractivity contribution in [2.24, 2.45) is 11.8 Å². The highest BCUT2D eigenvalue weighted by Crippen LogP contribution is 2.33. The van der Waals surface area contributed by atoms with Gasteiger partial charge in [-0.05, 0) is 71.6 Å². The minimum absolute atomic E-state index is 0.0572. The number of halogens is 1. The van der Waals surface area contributed by atoms with Crippen molar-refractivity contribution >= 4 is 33.2 Å². The fraction of sp³-hybridized carbons (Fsp3) is 0.562. The Morgan fingerprint density at radius 3 is 2.38 bits per heavy atom. The topological polar surface area (TPSA) is 58.4 Å². The van der Waals surface area contributed by atoms with E-state index in [4.69, 9.17) is 5.73 Å². The summed E-state index contributed by atoms with van der Waals surface area (Å²) in [6.45, 7) is 2.64. The molecule has 2 saturated carbocycles. The van der Waals surface area contributed by atoms with Crippen molar-refractivity contribution in [2.75, 3.05) is 30.7 Å². The smallest absolute Gasteiger partial charge is 0.238 e. The molecule has 0 saturated heterocycles. The summed E-state index contributed by atoms with van der Waals surface area (Å²) in [5.41, 5.74) is 7.18. The van der Waals surface area contributed by atoms with Crippen molar-refractivity contribution in [3.63, 3.8) is 0 Å². The summed E-state index contributed by atoms with van der Waals surface area (Å²) in [6.07, 6.45) is 5.30. The van der Waals surface area contributed by atoms with E-state index in [1.54, 1.807) is 6.07 Å². The molecule has 5 heteroatoms. The number of carbonyl (C=O) groups excluding carboxylic acids is 1. The van der Waals surface area contributed by atoms with Crippen molar-refractivity contribution in [1.29, 1.82) is 0 Å². The highest BCUT2D eigenvalue weighted by molar-refractivity contribution is 9.10. The number of hydrogen-bond acceptors (Lipinski definition) is 3. The summed E-state index contributed by atoms with van der Waals surface area (Å²) in [4.78, 5) is 14.6. The number of amides is 1. The predicted octanol–water partition coefficient (Wildman–Crippen LogP) is 3.09. The van der Waals surface area contributed by atoms with Gasteiger partial charge < -0.3 is 11.1 Å². The summed E-state index contributed by atoms with van der Waals surface area (Å²) < 4.78 is 0.826. The molecule has 0 atom stereocenters. The number of hydrogen-bond donors (Lipinski definition) is 2. The van der Waals surface area contributed by atoms with Gasteiger partial charge in [0.2, 0.25) is 5.91 Å². The minimum Gasteiger partial charge on any atom is -0.399 e. The number of nitrogen functional groups attached to an aromatic ring is 1. The Morgan fingerprint density at radius 2 is 1.86 bits per heavy atom. The maximum atomic E-state index is 12.3. The summed E-state index contributed by atoms with van der Waals surface area (Å²) in [7, 11) is 0. The van der Waals surface area contributed by atoms with Crippen molar-refractivity contribution < 1.29 is 4.79 Å². The van der Waals surface area contributed by atoms with Gasteiger partial charge in [-0.15, -0.1) is 0 Å². The van der Waals surface area contributed by atoms with Gasteiger partial charge in [-0.1, -0.05) is 0 Å². The maximum Gasteiger partial charge on any atom is 0.238 e. The van der Waals surface area contributed by atoms with Crippen molar-refractivity contribution in [3.05, 3.63) is 22.7 Å². The zero-order chi connectivity index (χ0) is 14.8. The van der Waals surface area contributed by atoms with Gasteiger partial charge in [-0.3, -0.25) is 9.69 Å². The van der Waals surface area contributed by atoms with Crippen LogP contribution in [0.1, 0.15) is 25.7 Å². The number of carbonyl (C=O) groups is 1. The molecule has 2 aliphatic carbocycles. The van der Waals surface area contributed by atoms with E-state index in [1.807, 2.05) is 12.1 Å². The Kier molecular flexibility index (Phi) is 4.50. The van der Waals surface area contributed by atoms with Crippen LogP contribution in [0.2, 0.25) is 0 Å². The second kappa shape index (κ2) is 6.36. The van der Waals surface area contributed by atoms with Crippen molar-refractivity contribution in [2.45, 2.75) is 25.7 Å². The first-order valence-electron chi connectivity index (χ1n) is 7.67. The summed E-state index contributed by atoms with van der Waals surface area (Å²) in [5, 5.41) is 2.97. The second-order valence-corrected chi connectivity index (χ2v) is 7.22. The molecule has 0 spiro atoms. The molecule has 3 rings (SSSR count). The number of nitrogens with two attached hydrogens (primary N) is 1. The van der Waals surface area contributed by atoms with E-state index in [9.17, 15) is 4.79 Å². The molecule has 1 aromatic carbocycles. The normalized spacial score (nSPS) is 18.0. The van der Waals surface area contributed by atoms with Gasteiger partial charge in [0, 0.05) is 23.2 Å². The molecule has 114 valence electrons. The molecular formula is C16H22BrN3O. The Morgan fingerprint density at radius 1 is 1.24 bits per heavy atom. The van der Waals surface area contributed by atoms with Crippen molar-refractivity contribution in [3.8, 4) is 0 Å². The lowest BCUT2D eigenvalue weighted by Crippen LogP contribution is -2.36. The van der Waals surface area contributed by atoms with E-state index in [0.29, 0.717) is 12.2 Å². The highest BCUT2D eigenvalue weighted by atomic mass is 79.9. The van der Waals surface area contributed by atoms with E-state index in [-0.39, 0.29) is 5.91 Å². The largest absolute Gasteiger partial charge is 0.399 e. The van der Waals surface area contributed by atoms with Gasteiger partial charge in [0.1, 0.15) is 0 Å². The molecule has 0 aromatic heterocycles. The van der Waals surface area contributed by atoms with Crippen LogP contribution in [-0.4, -0.2) is 30.4 Å². The van der Waals surface area contributed by atoms with Gasteiger partial charge in [-0.2, -0.15) is 0 Å². The summed E-state index contributed by atoms with van der Waals surface area (Å²) in [6, 6.07) is 5.44. The Bertz CT molecular complexity index is 512. The SMILES string of the molecule is Nc1ccc(NC(=O)CN(CC2CC2)CC2CC2)c(Br)c1. The summed E-state index contributed by atoms with van der Waals surface area (Å²) in [5.74, 6) is 1.70. The molecule has 0 unspecified atom stereocenters. The zero-order valence-electron chi connectivity index (χ0n) is 12.1. The fourth-order valence-corrected chi connectivity index (χ4v) is 3.06. The quantitative estimate of drug-likeness (QED) is 0.742. The molecular weight excluding hydrogens is 330 g/mol.